The van der Waals surface area contributed by atoms with Gasteiger partial charge in [-0.15, -0.1) is 0 Å². The first-order valence-electron chi connectivity index (χ1n) is 8.39. The minimum absolute atomic E-state index is 0.129. The van der Waals surface area contributed by atoms with Gasteiger partial charge in [0.25, 0.3) is 0 Å². The van der Waals surface area contributed by atoms with Crippen LogP contribution in [0.25, 0.3) is 0 Å². The molecule has 1 atom stereocenters. The van der Waals surface area contributed by atoms with E-state index < -0.39 is 0 Å². The summed E-state index contributed by atoms with van der Waals surface area (Å²) in [5.41, 5.74) is 0. The van der Waals surface area contributed by atoms with Crippen molar-refractivity contribution in [3.8, 4) is 5.88 Å². The van der Waals surface area contributed by atoms with E-state index in [-0.39, 0.29) is 12.0 Å². The molecule has 1 aromatic rings. The Labute approximate surface area is 142 Å². The second-order valence-electron chi connectivity index (χ2n) is 6.18. The number of rotatable bonds is 4. The molecule has 0 bridgehead atoms. The van der Waals surface area contributed by atoms with Crippen molar-refractivity contribution in [3.63, 3.8) is 0 Å². The van der Waals surface area contributed by atoms with E-state index in [9.17, 15) is 4.79 Å². The molecule has 0 saturated carbocycles. The highest BCUT2D eigenvalue weighted by atomic mass is 16.5. The van der Waals surface area contributed by atoms with Crippen molar-refractivity contribution < 1.29 is 14.3 Å². The average Bonchev–Trinajstić information content (AvgIpc) is 2.62. The highest BCUT2D eigenvalue weighted by molar-refractivity contribution is 5.78. The van der Waals surface area contributed by atoms with E-state index in [0.717, 1.165) is 26.2 Å². The molecule has 0 N–H and O–H groups in total. The first-order valence-corrected chi connectivity index (χ1v) is 8.39. The second kappa shape index (κ2) is 7.76. The molecule has 2 fully saturated rings. The maximum Gasteiger partial charge on any atom is 0.236 e. The molecule has 24 heavy (non-hydrogen) atoms. The van der Waals surface area contributed by atoms with Gasteiger partial charge in [-0.2, -0.15) is 4.98 Å². The molecule has 0 spiro atoms. The lowest BCUT2D eigenvalue weighted by Crippen LogP contribution is -2.52. The predicted molar refractivity (Wildman–Crippen MR) is 89.2 cm³/mol. The molecular weight excluding hydrogens is 310 g/mol. The number of methoxy groups -OCH3 is 1. The zero-order valence-electron chi connectivity index (χ0n) is 14.3. The van der Waals surface area contributed by atoms with Gasteiger partial charge in [0.1, 0.15) is 0 Å². The first kappa shape index (κ1) is 16.9. The Hall–Kier alpha value is -1.93. The molecule has 1 amide bonds. The van der Waals surface area contributed by atoms with E-state index in [4.69, 9.17) is 9.47 Å². The molecule has 3 heterocycles. The van der Waals surface area contributed by atoms with E-state index in [1.165, 1.54) is 0 Å². The summed E-state index contributed by atoms with van der Waals surface area (Å²) < 4.78 is 10.6. The van der Waals surface area contributed by atoms with Crippen LogP contribution in [-0.4, -0.2) is 91.3 Å². The standard InChI is InChI=1S/C16H25N5O3/c1-13-11-21(9-10-24-13)15(22)12-19-5-7-20(8-6-19)16-17-4-3-14(18-16)23-2/h3-4,13H,5-12H2,1-2H3. The van der Waals surface area contributed by atoms with Crippen molar-refractivity contribution in [2.45, 2.75) is 13.0 Å². The lowest BCUT2D eigenvalue weighted by molar-refractivity contribution is -0.139. The fourth-order valence-electron chi connectivity index (χ4n) is 3.04. The molecule has 8 heteroatoms. The molecule has 8 nitrogen and oxygen atoms in total. The van der Waals surface area contributed by atoms with Crippen LogP contribution < -0.4 is 9.64 Å². The minimum Gasteiger partial charge on any atom is -0.481 e. The highest BCUT2D eigenvalue weighted by Crippen LogP contribution is 2.14. The summed E-state index contributed by atoms with van der Waals surface area (Å²) in [4.78, 5) is 27.3. The van der Waals surface area contributed by atoms with Crippen molar-refractivity contribution in [1.82, 2.24) is 19.8 Å². The van der Waals surface area contributed by atoms with Crippen molar-refractivity contribution >= 4 is 11.9 Å². The second-order valence-corrected chi connectivity index (χ2v) is 6.18. The molecule has 1 aromatic heterocycles. The molecule has 0 radical (unpaired) electrons. The molecule has 0 aliphatic carbocycles. The number of carbonyl (C=O) groups excluding carboxylic acids is 1. The largest absolute Gasteiger partial charge is 0.481 e. The van der Waals surface area contributed by atoms with Gasteiger partial charge in [0, 0.05) is 51.5 Å². The Morgan fingerprint density at radius 1 is 1.33 bits per heavy atom. The van der Waals surface area contributed by atoms with Crippen molar-refractivity contribution in [2.75, 3.05) is 64.4 Å². The van der Waals surface area contributed by atoms with E-state index in [2.05, 4.69) is 19.8 Å². The van der Waals surface area contributed by atoms with Gasteiger partial charge in [-0.25, -0.2) is 4.98 Å². The van der Waals surface area contributed by atoms with Gasteiger partial charge in [0.15, 0.2) is 0 Å². The highest BCUT2D eigenvalue weighted by Gasteiger charge is 2.25. The Balaban J connectivity index is 1.49. The van der Waals surface area contributed by atoms with Crippen LogP contribution in [0.3, 0.4) is 0 Å². The smallest absolute Gasteiger partial charge is 0.236 e. The number of amides is 1. The lowest BCUT2D eigenvalue weighted by Gasteiger charge is -2.36. The molecular formula is C16H25N5O3. The Bertz CT molecular complexity index is 562. The Morgan fingerprint density at radius 2 is 2.12 bits per heavy atom. The van der Waals surface area contributed by atoms with Crippen LogP contribution in [0, 0.1) is 0 Å². The summed E-state index contributed by atoms with van der Waals surface area (Å²) >= 11 is 0. The monoisotopic (exact) mass is 335 g/mol. The average molecular weight is 335 g/mol. The quantitative estimate of drug-likeness (QED) is 0.758. The van der Waals surface area contributed by atoms with Crippen LogP contribution in [0.1, 0.15) is 6.92 Å². The van der Waals surface area contributed by atoms with E-state index in [0.29, 0.717) is 38.1 Å². The number of morpholine rings is 1. The molecule has 1 unspecified atom stereocenters. The summed E-state index contributed by atoms with van der Waals surface area (Å²) in [5, 5.41) is 0. The molecule has 2 aliphatic rings. The summed E-state index contributed by atoms with van der Waals surface area (Å²) in [5.74, 6) is 1.44. The number of hydrogen-bond donors (Lipinski definition) is 0. The van der Waals surface area contributed by atoms with E-state index in [1.54, 1.807) is 19.4 Å². The molecule has 2 saturated heterocycles. The van der Waals surface area contributed by atoms with E-state index in [1.807, 2.05) is 11.8 Å². The molecule has 132 valence electrons. The number of piperazine rings is 1. The van der Waals surface area contributed by atoms with Crippen molar-refractivity contribution in [3.05, 3.63) is 12.3 Å². The third-order valence-corrected chi connectivity index (χ3v) is 4.43. The summed E-state index contributed by atoms with van der Waals surface area (Å²) in [6.45, 7) is 7.76. The van der Waals surface area contributed by atoms with Crippen molar-refractivity contribution in [2.24, 2.45) is 0 Å². The van der Waals surface area contributed by atoms with Crippen LogP contribution in [0.4, 0.5) is 5.95 Å². The maximum atomic E-state index is 12.4. The normalized spacial score (nSPS) is 22.5. The van der Waals surface area contributed by atoms with E-state index >= 15 is 0 Å². The third kappa shape index (κ3) is 4.12. The van der Waals surface area contributed by atoms with Gasteiger partial charge in [-0.3, -0.25) is 9.69 Å². The number of ether oxygens (including phenoxy) is 2. The summed E-state index contributed by atoms with van der Waals surface area (Å²) in [6, 6.07) is 1.74. The summed E-state index contributed by atoms with van der Waals surface area (Å²) in [7, 11) is 1.60. The number of aromatic nitrogens is 2. The zero-order chi connectivity index (χ0) is 16.9. The van der Waals surface area contributed by atoms with Gasteiger partial charge in [0.05, 0.1) is 26.4 Å². The number of nitrogens with zero attached hydrogens (tertiary/aromatic N) is 5. The fourth-order valence-corrected chi connectivity index (χ4v) is 3.04. The fraction of sp³-hybridized carbons (Fsp3) is 0.688. The van der Waals surface area contributed by atoms with Gasteiger partial charge in [-0.05, 0) is 6.92 Å². The van der Waals surface area contributed by atoms with Crippen LogP contribution in [0.5, 0.6) is 5.88 Å². The Morgan fingerprint density at radius 3 is 2.83 bits per heavy atom. The van der Waals surface area contributed by atoms with Crippen LogP contribution in [-0.2, 0) is 9.53 Å². The number of hydrogen-bond acceptors (Lipinski definition) is 7. The molecule has 2 aliphatic heterocycles. The zero-order valence-corrected chi connectivity index (χ0v) is 14.3. The predicted octanol–water partition coefficient (Wildman–Crippen LogP) is -0.145. The minimum atomic E-state index is 0.129. The Kier molecular flexibility index (Phi) is 5.47. The number of anilines is 1. The van der Waals surface area contributed by atoms with Crippen LogP contribution >= 0.6 is 0 Å². The van der Waals surface area contributed by atoms with Crippen LogP contribution in [0.15, 0.2) is 12.3 Å². The van der Waals surface area contributed by atoms with Gasteiger partial charge in [-0.1, -0.05) is 0 Å². The summed E-state index contributed by atoms with van der Waals surface area (Å²) in [6.07, 6.45) is 1.83. The van der Waals surface area contributed by atoms with Gasteiger partial charge in [0.2, 0.25) is 17.7 Å². The lowest BCUT2D eigenvalue weighted by atomic mass is 10.2. The first-order chi connectivity index (χ1) is 11.7. The molecule has 3 rings (SSSR count). The number of carbonyl (C=O) groups is 1. The van der Waals surface area contributed by atoms with Gasteiger partial charge >= 0.3 is 0 Å². The van der Waals surface area contributed by atoms with Crippen molar-refractivity contribution in [1.29, 1.82) is 0 Å². The molecule has 0 aromatic carbocycles. The SMILES string of the molecule is COc1ccnc(N2CCN(CC(=O)N3CCOC(C)C3)CC2)n1. The maximum absolute atomic E-state index is 12.4. The van der Waals surface area contributed by atoms with Gasteiger partial charge < -0.3 is 19.3 Å². The van der Waals surface area contributed by atoms with Crippen LogP contribution in [0.2, 0.25) is 0 Å². The topological polar surface area (TPSA) is 71.0 Å². The third-order valence-electron chi connectivity index (χ3n) is 4.43.